The van der Waals surface area contributed by atoms with E-state index in [1.165, 1.54) is 12.1 Å². The molecule has 0 saturated carbocycles. The van der Waals surface area contributed by atoms with Gasteiger partial charge in [0.1, 0.15) is 5.76 Å². The van der Waals surface area contributed by atoms with Crippen molar-refractivity contribution in [2.24, 2.45) is 5.92 Å². The van der Waals surface area contributed by atoms with Gasteiger partial charge in [0.25, 0.3) is 11.6 Å². The maximum absolute atomic E-state index is 13.2. The fraction of sp³-hybridized carbons (Fsp3) is 0.500. The molecule has 0 aliphatic carbocycles. The Balaban J connectivity index is 1.92. The zero-order valence-corrected chi connectivity index (χ0v) is 16.8. The molecular weight excluding hydrogens is 360 g/mol. The largest absolute Gasteiger partial charge is 0.371 e. The van der Waals surface area contributed by atoms with Crippen molar-refractivity contribution >= 4 is 17.3 Å². The van der Waals surface area contributed by atoms with Gasteiger partial charge in [0.15, 0.2) is 0 Å². The summed E-state index contributed by atoms with van der Waals surface area (Å²) in [6.07, 6.45) is 2.08. The number of carbonyl (C=O) groups excluding carboxylic acids is 1. The lowest BCUT2D eigenvalue weighted by Gasteiger charge is -2.33. The number of benzene rings is 1. The van der Waals surface area contributed by atoms with Gasteiger partial charge < -0.3 is 14.3 Å². The van der Waals surface area contributed by atoms with Crippen LogP contribution in [-0.2, 0) is 6.54 Å². The SMILES string of the molecule is Cc1noc(C)c1CN(C)C(=O)c1cc([N+](=O)[O-])ccc1N1CCC(C)CC1. The molecule has 1 aliphatic rings. The molecule has 0 N–H and O–H groups in total. The summed E-state index contributed by atoms with van der Waals surface area (Å²) in [4.78, 5) is 27.7. The molecule has 8 heteroatoms. The van der Waals surface area contributed by atoms with E-state index in [9.17, 15) is 14.9 Å². The Hall–Kier alpha value is -2.90. The molecular formula is C20H26N4O4. The Labute approximate surface area is 164 Å². The highest BCUT2D eigenvalue weighted by molar-refractivity contribution is 6.00. The summed E-state index contributed by atoms with van der Waals surface area (Å²) in [6.45, 7) is 7.87. The first-order valence-corrected chi connectivity index (χ1v) is 9.48. The molecule has 150 valence electrons. The van der Waals surface area contributed by atoms with E-state index in [1.807, 2.05) is 6.92 Å². The van der Waals surface area contributed by atoms with Crippen LogP contribution in [0, 0.1) is 29.9 Å². The van der Waals surface area contributed by atoms with Gasteiger partial charge in [0, 0.05) is 37.8 Å². The van der Waals surface area contributed by atoms with E-state index in [4.69, 9.17) is 4.52 Å². The number of aromatic nitrogens is 1. The van der Waals surface area contributed by atoms with Crippen molar-refractivity contribution < 1.29 is 14.2 Å². The molecule has 1 aliphatic heterocycles. The molecule has 2 heterocycles. The van der Waals surface area contributed by atoms with Crippen LogP contribution >= 0.6 is 0 Å². The number of carbonyl (C=O) groups is 1. The van der Waals surface area contributed by atoms with Crippen molar-refractivity contribution in [3.63, 3.8) is 0 Å². The Morgan fingerprint density at radius 3 is 2.61 bits per heavy atom. The molecule has 3 rings (SSSR count). The summed E-state index contributed by atoms with van der Waals surface area (Å²) < 4.78 is 5.18. The molecule has 1 amide bonds. The molecule has 0 atom stereocenters. The van der Waals surface area contributed by atoms with Gasteiger partial charge in [-0.15, -0.1) is 0 Å². The van der Waals surface area contributed by atoms with Crippen LogP contribution in [0.15, 0.2) is 22.7 Å². The van der Waals surface area contributed by atoms with Crippen LogP contribution in [-0.4, -0.2) is 41.0 Å². The molecule has 0 spiro atoms. The molecule has 1 fully saturated rings. The average Bonchev–Trinajstić information content (AvgIpc) is 2.99. The van der Waals surface area contributed by atoms with Gasteiger partial charge in [-0.3, -0.25) is 14.9 Å². The monoisotopic (exact) mass is 386 g/mol. The summed E-state index contributed by atoms with van der Waals surface area (Å²) in [7, 11) is 1.69. The van der Waals surface area contributed by atoms with Crippen LogP contribution in [0.25, 0.3) is 0 Å². The number of non-ortho nitro benzene ring substituents is 1. The number of anilines is 1. The van der Waals surface area contributed by atoms with Gasteiger partial charge in [-0.05, 0) is 38.7 Å². The van der Waals surface area contributed by atoms with Crippen LogP contribution in [0.3, 0.4) is 0 Å². The number of nitro benzene ring substituents is 1. The molecule has 0 radical (unpaired) electrons. The van der Waals surface area contributed by atoms with Gasteiger partial charge in [-0.2, -0.15) is 0 Å². The summed E-state index contributed by atoms with van der Waals surface area (Å²) in [5.41, 5.74) is 2.63. The number of hydrogen-bond acceptors (Lipinski definition) is 6. The van der Waals surface area contributed by atoms with E-state index in [-0.39, 0.29) is 11.6 Å². The standard InChI is InChI=1S/C20H26N4O4/c1-13-7-9-23(10-8-13)19-6-5-16(24(26)27)11-17(19)20(25)22(4)12-18-14(2)21-28-15(18)3/h5-6,11,13H,7-10,12H2,1-4H3. The number of amides is 1. The van der Waals surface area contributed by atoms with Crippen LogP contribution in [0.5, 0.6) is 0 Å². The Bertz CT molecular complexity index is 865. The van der Waals surface area contributed by atoms with Gasteiger partial charge in [0.05, 0.1) is 28.4 Å². The third kappa shape index (κ3) is 4.00. The fourth-order valence-corrected chi connectivity index (χ4v) is 3.58. The van der Waals surface area contributed by atoms with Crippen molar-refractivity contribution in [1.82, 2.24) is 10.1 Å². The third-order valence-corrected chi connectivity index (χ3v) is 5.47. The predicted molar refractivity (Wildman–Crippen MR) is 105 cm³/mol. The maximum Gasteiger partial charge on any atom is 0.270 e. The Kier molecular flexibility index (Phi) is 5.67. The number of hydrogen-bond donors (Lipinski definition) is 0. The maximum atomic E-state index is 13.2. The van der Waals surface area contributed by atoms with Gasteiger partial charge in [-0.1, -0.05) is 12.1 Å². The highest BCUT2D eigenvalue weighted by atomic mass is 16.6. The van der Waals surface area contributed by atoms with Gasteiger partial charge in [0.2, 0.25) is 0 Å². The van der Waals surface area contributed by atoms with Crippen LogP contribution in [0.1, 0.15) is 47.1 Å². The van der Waals surface area contributed by atoms with Crippen LogP contribution in [0.4, 0.5) is 11.4 Å². The van der Waals surface area contributed by atoms with E-state index in [0.29, 0.717) is 23.8 Å². The fourth-order valence-electron chi connectivity index (χ4n) is 3.58. The van der Waals surface area contributed by atoms with Crippen molar-refractivity contribution in [2.75, 3.05) is 25.0 Å². The molecule has 2 aromatic rings. The van der Waals surface area contributed by atoms with Crippen molar-refractivity contribution in [3.05, 3.63) is 50.9 Å². The van der Waals surface area contributed by atoms with Crippen LogP contribution < -0.4 is 4.90 Å². The lowest BCUT2D eigenvalue weighted by molar-refractivity contribution is -0.384. The topological polar surface area (TPSA) is 92.7 Å². The summed E-state index contributed by atoms with van der Waals surface area (Å²) in [6, 6.07) is 4.56. The first-order chi connectivity index (χ1) is 13.3. The number of nitro groups is 1. The van der Waals surface area contributed by atoms with Crippen molar-refractivity contribution in [1.29, 1.82) is 0 Å². The second kappa shape index (κ2) is 8.00. The van der Waals surface area contributed by atoms with E-state index >= 15 is 0 Å². The van der Waals surface area contributed by atoms with Crippen molar-refractivity contribution in [3.8, 4) is 0 Å². The minimum absolute atomic E-state index is 0.0804. The first-order valence-electron chi connectivity index (χ1n) is 9.48. The molecule has 0 unspecified atom stereocenters. The number of nitrogens with zero attached hydrogens (tertiary/aromatic N) is 4. The molecule has 1 saturated heterocycles. The van der Waals surface area contributed by atoms with E-state index in [1.54, 1.807) is 24.9 Å². The van der Waals surface area contributed by atoms with Gasteiger partial charge in [-0.25, -0.2) is 0 Å². The molecule has 8 nitrogen and oxygen atoms in total. The lowest BCUT2D eigenvalue weighted by atomic mass is 9.97. The second-order valence-electron chi connectivity index (χ2n) is 7.59. The number of piperidine rings is 1. The summed E-state index contributed by atoms with van der Waals surface area (Å²) >= 11 is 0. The van der Waals surface area contributed by atoms with Gasteiger partial charge >= 0.3 is 0 Å². The molecule has 28 heavy (non-hydrogen) atoms. The van der Waals surface area contributed by atoms with E-state index in [0.717, 1.165) is 42.9 Å². The second-order valence-corrected chi connectivity index (χ2v) is 7.59. The Morgan fingerprint density at radius 2 is 2.04 bits per heavy atom. The minimum atomic E-state index is -0.465. The smallest absolute Gasteiger partial charge is 0.270 e. The molecule has 1 aromatic heterocycles. The highest BCUT2D eigenvalue weighted by Crippen LogP contribution is 2.30. The quantitative estimate of drug-likeness (QED) is 0.574. The average molecular weight is 386 g/mol. The van der Waals surface area contributed by atoms with Crippen molar-refractivity contribution in [2.45, 2.75) is 40.2 Å². The lowest BCUT2D eigenvalue weighted by Crippen LogP contribution is -2.35. The normalized spacial score (nSPS) is 14.9. The molecule has 1 aromatic carbocycles. The summed E-state index contributed by atoms with van der Waals surface area (Å²) in [5, 5.41) is 15.2. The number of rotatable bonds is 5. The summed E-state index contributed by atoms with van der Waals surface area (Å²) in [5.74, 6) is 1.06. The zero-order chi connectivity index (χ0) is 20.4. The predicted octanol–water partition coefficient (Wildman–Crippen LogP) is 3.71. The van der Waals surface area contributed by atoms with Crippen LogP contribution in [0.2, 0.25) is 0 Å². The van der Waals surface area contributed by atoms with E-state index < -0.39 is 4.92 Å². The Morgan fingerprint density at radius 1 is 1.36 bits per heavy atom. The van der Waals surface area contributed by atoms with E-state index in [2.05, 4.69) is 17.0 Å². The zero-order valence-electron chi connectivity index (χ0n) is 16.8. The highest BCUT2D eigenvalue weighted by Gasteiger charge is 2.26. The molecule has 0 bridgehead atoms. The number of aryl methyl sites for hydroxylation is 2. The third-order valence-electron chi connectivity index (χ3n) is 5.47. The minimum Gasteiger partial charge on any atom is -0.371 e. The first kappa shape index (κ1) is 19.9.